The molecule has 0 saturated carbocycles. The minimum atomic E-state index is -0.854. The summed E-state index contributed by atoms with van der Waals surface area (Å²) in [5, 5.41) is 12.7. The Labute approximate surface area is 175 Å². The molecule has 1 heterocycles. The molecule has 0 radical (unpaired) electrons. The highest BCUT2D eigenvalue weighted by Gasteiger charge is 2.37. The molecule has 0 bridgehead atoms. The van der Waals surface area contributed by atoms with E-state index >= 15 is 0 Å². The fraction of sp³-hybridized carbons (Fsp3) is 0. The molecule has 0 aromatic heterocycles. The van der Waals surface area contributed by atoms with E-state index in [4.69, 9.17) is 11.6 Å². The lowest BCUT2D eigenvalue weighted by molar-refractivity contribution is -0.122. The van der Waals surface area contributed by atoms with Crippen molar-refractivity contribution in [1.82, 2.24) is 5.32 Å². The molecule has 0 atom stereocenters. The topological polar surface area (TPSA) is 86.7 Å². The largest absolute Gasteiger partial charge is 0.506 e. The zero-order chi connectivity index (χ0) is 19.0. The van der Waals surface area contributed by atoms with E-state index in [9.17, 15) is 19.5 Å². The van der Waals surface area contributed by atoms with Crippen molar-refractivity contribution in [3.8, 4) is 5.75 Å². The molecule has 0 aliphatic carbocycles. The van der Waals surface area contributed by atoms with E-state index in [0.717, 1.165) is 4.90 Å². The first-order valence-electron chi connectivity index (χ1n) is 7.13. The van der Waals surface area contributed by atoms with Crippen LogP contribution >= 0.6 is 50.1 Å². The smallest absolute Gasteiger partial charge is 0.335 e. The summed E-state index contributed by atoms with van der Waals surface area (Å²) in [6.07, 6.45) is 1.25. The second-order valence-corrected chi connectivity index (χ2v) is 7.77. The summed E-state index contributed by atoms with van der Waals surface area (Å²) in [5.41, 5.74) is 0.264. The van der Waals surface area contributed by atoms with Crippen LogP contribution < -0.4 is 10.2 Å². The molecule has 2 N–H and O–H groups in total. The van der Waals surface area contributed by atoms with Gasteiger partial charge in [-0.1, -0.05) is 27.5 Å². The Kier molecular flexibility index (Phi) is 5.35. The van der Waals surface area contributed by atoms with Crippen molar-refractivity contribution in [1.29, 1.82) is 0 Å². The van der Waals surface area contributed by atoms with E-state index < -0.39 is 17.8 Å². The maximum Gasteiger partial charge on any atom is 0.335 e. The van der Waals surface area contributed by atoms with E-state index in [0.29, 0.717) is 13.1 Å². The first-order chi connectivity index (χ1) is 12.3. The minimum Gasteiger partial charge on any atom is -0.506 e. The minimum absolute atomic E-state index is 0.0724. The third kappa shape index (κ3) is 3.62. The number of nitrogens with zero attached hydrogens (tertiary/aromatic N) is 1. The van der Waals surface area contributed by atoms with Gasteiger partial charge in [-0.2, -0.15) is 0 Å². The summed E-state index contributed by atoms with van der Waals surface area (Å²) in [4.78, 5) is 37.9. The number of carbonyl (C=O) groups is 3. The van der Waals surface area contributed by atoms with E-state index in [1.165, 1.54) is 30.3 Å². The first kappa shape index (κ1) is 18.9. The molecule has 1 aliphatic heterocycles. The molecule has 1 aliphatic rings. The van der Waals surface area contributed by atoms with Gasteiger partial charge in [0.1, 0.15) is 11.3 Å². The molecule has 0 spiro atoms. The Hall–Kier alpha value is -1.91. The predicted molar refractivity (Wildman–Crippen MR) is 109 cm³/mol. The second-order valence-electron chi connectivity index (χ2n) is 5.26. The second kappa shape index (κ2) is 7.37. The van der Waals surface area contributed by atoms with Gasteiger partial charge in [0.05, 0.1) is 9.26 Å². The number of imide groups is 2. The highest BCUT2D eigenvalue weighted by Crippen LogP contribution is 2.31. The van der Waals surface area contributed by atoms with Crippen LogP contribution in [0.3, 0.4) is 0 Å². The molecule has 9 heteroatoms. The van der Waals surface area contributed by atoms with Crippen molar-refractivity contribution in [2.45, 2.75) is 0 Å². The molecular formula is C17H9BrClIN2O4. The van der Waals surface area contributed by atoms with Gasteiger partial charge < -0.3 is 5.11 Å². The molecule has 26 heavy (non-hydrogen) atoms. The molecule has 6 nitrogen and oxygen atoms in total. The van der Waals surface area contributed by atoms with Crippen LogP contribution in [0.25, 0.3) is 6.08 Å². The third-order valence-electron chi connectivity index (χ3n) is 3.54. The number of phenols is 1. The van der Waals surface area contributed by atoms with Gasteiger partial charge >= 0.3 is 6.03 Å². The maximum atomic E-state index is 12.8. The lowest BCUT2D eigenvalue weighted by Crippen LogP contribution is -2.54. The van der Waals surface area contributed by atoms with Gasteiger partial charge in [0, 0.05) is 15.1 Å². The van der Waals surface area contributed by atoms with E-state index in [1.807, 2.05) is 22.6 Å². The Balaban J connectivity index is 2.07. The van der Waals surface area contributed by atoms with Crippen molar-refractivity contribution in [3.05, 3.63) is 60.6 Å². The Morgan fingerprint density at radius 2 is 1.81 bits per heavy atom. The van der Waals surface area contributed by atoms with Crippen molar-refractivity contribution < 1.29 is 19.5 Å². The molecule has 1 fully saturated rings. The fourth-order valence-electron chi connectivity index (χ4n) is 2.33. The summed E-state index contributed by atoms with van der Waals surface area (Å²) in [6.45, 7) is 0. The summed E-state index contributed by atoms with van der Waals surface area (Å²) >= 11 is 11.1. The molecule has 2 aromatic rings. The Morgan fingerprint density at radius 1 is 1.15 bits per heavy atom. The molecule has 2 aromatic carbocycles. The number of benzene rings is 2. The van der Waals surface area contributed by atoms with Gasteiger partial charge in [-0.05, 0) is 65.1 Å². The summed E-state index contributed by atoms with van der Waals surface area (Å²) in [6, 6.07) is 8.43. The summed E-state index contributed by atoms with van der Waals surface area (Å²) in [7, 11) is 0. The van der Waals surface area contributed by atoms with Gasteiger partial charge in [-0.15, -0.1) is 0 Å². The number of nitrogens with one attached hydrogen (secondary N) is 1. The standard InChI is InChI=1S/C17H9BrClIN2O4/c18-9-5-8(14(23)13(20)7-9)6-12-15(24)21-17(26)22(16(12)25)11-3-1-10(19)2-4-11/h1-7,23H,(H,21,24,26)/b12-6-. The van der Waals surface area contributed by atoms with Crippen molar-refractivity contribution in [2.75, 3.05) is 4.90 Å². The highest BCUT2D eigenvalue weighted by molar-refractivity contribution is 14.1. The van der Waals surface area contributed by atoms with Gasteiger partial charge in [-0.25, -0.2) is 9.69 Å². The maximum absolute atomic E-state index is 12.8. The third-order valence-corrected chi connectivity index (χ3v) is 5.08. The number of amides is 4. The average molecular weight is 548 g/mol. The van der Waals surface area contributed by atoms with Crippen molar-refractivity contribution in [2.24, 2.45) is 0 Å². The van der Waals surface area contributed by atoms with Gasteiger partial charge in [-0.3, -0.25) is 14.9 Å². The predicted octanol–water partition coefficient (Wildman–Crippen LogP) is 4.08. The van der Waals surface area contributed by atoms with E-state index in [1.54, 1.807) is 12.1 Å². The number of anilines is 1. The van der Waals surface area contributed by atoms with Crippen LogP contribution in [0, 0.1) is 3.57 Å². The van der Waals surface area contributed by atoms with Gasteiger partial charge in [0.2, 0.25) is 0 Å². The Bertz CT molecular complexity index is 975. The number of rotatable bonds is 2. The monoisotopic (exact) mass is 546 g/mol. The number of carbonyl (C=O) groups excluding carboxylic acids is 3. The number of barbiturate groups is 1. The van der Waals surface area contributed by atoms with Gasteiger partial charge in [0.25, 0.3) is 11.8 Å². The number of hydrogen-bond donors (Lipinski definition) is 2. The summed E-state index contributed by atoms with van der Waals surface area (Å²) < 4.78 is 1.21. The van der Waals surface area contributed by atoms with E-state index in [2.05, 4.69) is 21.2 Å². The van der Waals surface area contributed by atoms with Gasteiger partial charge in [0.15, 0.2) is 0 Å². The number of phenolic OH excluding ortho intramolecular Hbond substituents is 1. The normalized spacial score (nSPS) is 16.2. The van der Waals surface area contributed by atoms with E-state index in [-0.39, 0.29) is 22.6 Å². The molecule has 4 amide bonds. The van der Waals surface area contributed by atoms with Crippen LogP contribution in [0.5, 0.6) is 5.75 Å². The van der Waals surface area contributed by atoms with Crippen LogP contribution in [0.2, 0.25) is 5.02 Å². The molecular weight excluding hydrogens is 538 g/mol. The fourth-order valence-corrected chi connectivity index (χ4v) is 4.01. The van der Waals surface area contributed by atoms with Crippen molar-refractivity contribution in [3.63, 3.8) is 0 Å². The van der Waals surface area contributed by atoms with Crippen LogP contribution in [0.1, 0.15) is 5.56 Å². The summed E-state index contributed by atoms with van der Waals surface area (Å²) in [5.74, 6) is -1.70. The SMILES string of the molecule is O=C1NC(=O)N(c2ccc(Cl)cc2)C(=O)/C1=C\c1cc(Br)cc(I)c1O. The lowest BCUT2D eigenvalue weighted by atomic mass is 10.1. The number of urea groups is 1. The van der Waals surface area contributed by atoms with Crippen LogP contribution in [-0.2, 0) is 9.59 Å². The zero-order valence-corrected chi connectivity index (χ0v) is 17.3. The quantitative estimate of drug-likeness (QED) is 0.337. The molecule has 132 valence electrons. The molecule has 1 saturated heterocycles. The lowest BCUT2D eigenvalue weighted by Gasteiger charge is -2.26. The number of hydrogen-bond acceptors (Lipinski definition) is 4. The zero-order valence-electron chi connectivity index (χ0n) is 12.8. The average Bonchev–Trinajstić information content (AvgIpc) is 2.57. The first-order valence-corrected chi connectivity index (χ1v) is 9.38. The Morgan fingerprint density at radius 3 is 2.46 bits per heavy atom. The van der Waals surface area contributed by atoms with Crippen LogP contribution in [0.15, 0.2) is 46.4 Å². The van der Waals surface area contributed by atoms with Crippen molar-refractivity contribution >= 4 is 79.7 Å². The van der Waals surface area contributed by atoms with Crippen LogP contribution in [0.4, 0.5) is 10.5 Å². The van der Waals surface area contributed by atoms with Crippen LogP contribution in [-0.4, -0.2) is 23.0 Å². The number of aromatic hydroxyl groups is 1. The highest BCUT2D eigenvalue weighted by atomic mass is 127. The molecule has 3 rings (SSSR count). The number of halogens is 3. The molecule has 0 unspecified atom stereocenters.